The van der Waals surface area contributed by atoms with Crippen LogP contribution < -0.4 is 4.74 Å². The maximum atomic E-state index is 13.2. The van der Waals surface area contributed by atoms with Crippen LogP contribution in [0.4, 0.5) is 14.9 Å². The second kappa shape index (κ2) is 7.17. The first-order valence-electron chi connectivity index (χ1n) is 7.43. The molecule has 1 saturated heterocycles. The van der Waals surface area contributed by atoms with E-state index in [1.165, 1.54) is 11.0 Å². The van der Waals surface area contributed by atoms with E-state index >= 15 is 0 Å². The molecule has 1 aliphatic rings. The number of nitro groups is 1. The molecule has 0 unspecified atom stereocenters. The second-order valence-electron chi connectivity index (χ2n) is 5.30. The number of terminal acetylenes is 1. The summed E-state index contributed by atoms with van der Waals surface area (Å²) in [6, 6.07) is 3.04. The predicted octanol–water partition coefficient (Wildman–Crippen LogP) is 2.74. The quantitative estimate of drug-likeness (QED) is 0.480. The number of ether oxygens (including phenoxy) is 2. The first-order valence-corrected chi connectivity index (χ1v) is 7.43. The third-order valence-electron chi connectivity index (χ3n) is 3.78. The average molecular weight is 336 g/mol. The van der Waals surface area contributed by atoms with Gasteiger partial charge in [0.2, 0.25) is 0 Å². The normalized spacial score (nSPS) is 16.1. The molecule has 1 aromatic carbocycles. The van der Waals surface area contributed by atoms with Gasteiger partial charge in [-0.1, -0.05) is 5.92 Å². The van der Waals surface area contributed by atoms with E-state index in [0.29, 0.717) is 13.1 Å². The molecule has 0 atom stereocenters. The number of carbonyl (C=O) groups is 1. The van der Waals surface area contributed by atoms with Crippen LogP contribution in [0.3, 0.4) is 0 Å². The van der Waals surface area contributed by atoms with Gasteiger partial charge in [0.25, 0.3) is 0 Å². The lowest BCUT2D eigenvalue weighted by atomic mass is 9.92. The minimum Gasteiger partial charge on any atom is -0.467 e. The Bertz CT molecular complexity index is 678. The van der Waals surface area contributed by atoms with Gasteiger partial charge in [-0.3, -0.25) is 10.1 Å². The van der Waals surface area contributed by atoms with E-state index in [2.05, 4.69) is 5.92 Å². The van der Waals surface area contributed by atoms with Crippen molar-refractivity contribution in [3.63, 3.8) is 0 Å². The van der Waals surface area contributed by atoms with E-state index in [0.717, 1.165) is 12.1 Å². The minimum absolute atomic E-state index is 0.0936. The number of nitro benzene ring substituents is 1. The van der Waals surface area contributed by atoms with Gasteiger partial charge in [-0.05, 0) is 19.1 Å². The van der Waals surface area contributed by atoms with Gasteiger partial charge in [-0.25, -0.2) is 9.18 Å². The molecule has 1 heterocycles. The van der Waals surface area contributed by atoms with Crippen molar-refractivity contribution < 1.29 is 23.6 Å². The number of likely N-dealkylation sites (tertiary alicyclic amines) is 1. The number of halogens is 1. The first kappa shape index (κ1) is 17.5. The van der Waals surface area contributed by atoms with Crippen molar-refractivity contribution in [1.29, 1.82) is 0 Å². The topological polar surface area (TPSA) is 81.9 Å². The molecule has 0 bridgehead atoms. The molecule has 1 aromatic rings. The lowest BCUT2D eigenvalue weighted by molar-refractivity contribution is -0.386. The van der Waals surface area contributed by atoms with Crippen molar-refractivity contribution in [2.75, 3.05) is 19.7 Å². The largest absolute Gasteiger partial charge is 0.467 e. The lowest BCUT2D eigenvalue weighted by Gasteiger charge is -2.37. The van der Waals surface area contributed by atoms with Crippen LogP contribution in [0.1, 0.15) is 19.8 Å². The lowest BCUT2D eigenvalue weighted by Crippen LogP contribution is -2.49. The van der Waals surface area contributed by atoms with E-state index in [4.69, 9.17) is 15.9 Å². The fourth-order valence-electron chi connectivity index (χ4n) is 2.47. The van der Waals surface area contributed by atoms with Crippen molar-refractivity contribution in [1.82, 2.24) is 4.90 Å². The third-order valence-corrected chi connectivity index (χ3v) is 3.78. The minimum atomic E-state index is -1.09. The van der Waals surface area contributed by atoms with Gasteiger partial charge in [0.1, 0.15) is 5.82 Å². The Morgan fingerprint density at radius 3 is 2.71 bits per heavy atom. The Balaban J connectivity index is 2.15. The smallest absolute Gasteiger partial charge is 0.409 e. The van der Waals surface area contributed by atoms with Crippen molar-refractivity contribution in [2.45, 2.75) is 25.4 Å². The number of hydrogen-bond acceptors (Lipinski definition) is 5. The van der Waals surface area contributed by atoms with Crippen LogP contribution >= 0.6 is 0 Å². The van der Waals surface area contributed by atoms with Gasteiger partial charge >= 0.3 is 11.8 Å². The van der Waals surface area contributed by atoms with E-state index in [1.807, 2.05) is 0 Å². The van der Waals surface area contributed by atoms with Gasteiger partial charge in [-0.15, -0.1) is 6.42 Å². The molecule has 0 spiro atoms. The SMILES string of the molecule is C#CC1(Oc2ccc(F)cc2[N+](=O)[O-])CCN(C(=O)OCC)CC1. The van der Waals surface area contributed by atoms with Crippen LogP contribution in [-0.4, -0.2) is 41.2 Å². The Labute approximate surface area is 138 Å². The molecule has 2 rings (SSSR count). The zero-order chi connectivity index (χ0) is 17.7. The summed E-state index contributed by atoms with van der Waals surface area (Å²) in [6.45, 7) is 2.59. The Morgan fingerprint density at radius 2 is 2.17 bits per heavy atom. The van der Waals surface area contributed by atoms with E-state index in [-0.39, 0.29) is 25.2 Å². The van der Waals surface area contributed by atoms with Crippen LogP contribution in [0.5, 0.6) is 5.75 Å². The Morgan fingerprint density at radius 1 is 1.50 bits per heavy atom. The summed E-state index contributed by atoms with van der Waals surface area (Å²) in [4.78, 5) is 23.6. The van der Waals surface area contributed by atoms with Crippen LogP contribution in [0.15, 0.2) is 18.2 Å². The molecule has 0 aromatic heterocycles. The highest BCUT2D eigenvalue weighted by molar-refractivity contribution is 5.67. The molecule has 24 heavy (non-hydrogen) atoms. The van der Waals surface area contributed by atoms with E-state index < -0.39 is 28.1 Å². The average Bonchev–Trinajstić information content (AvgIpc) is 2.57. The van der Waals surface area contributed by atoms with Crippen molar-refractivity contribution >= 4 is 11.8 Å². The molecule has 0 radical (unpaired) electrons. The number of piperidine rings is 1. The van der Waals surface area contributed by atoms with Gasteiger partial charge in [0.05, 0.1) is 17.6 Å². The van der Waals surface area contributed by atoms with Crippen LogP contribution in [0.2, 0.25) is 0 Å². The van der Waals surface area contributed by atoms with Crippen molar-refractivity contribution in [2.24, 2.45) is 0 Å². The molecule has 7 nitrogen and oxygen atoms in total. The first-order chi connectivity index (χ1) is 11.4. The fourth-order valence-corrected chi connectivity index (χ4v) is 2.47. The summed E-state index contributed by atoms with van der Waals surface area (Å²) in [5.74, 6) is 1.69. The second-order valence-corrected chi connectivity index (χ2v) is 5.30. The zero-order valence-corrected chi connectivity index (χ0v) is 13.2. The summed E-state index contributed by atoms with van der Waals surface area (Å²) < 4.78 is 23.9. The number of carbonyl (C=O) groups excluding carboxylic acids is 1. The number of rotatable bonds is 4. The molecule has 8 heteroatoms. The summed E-state index contributed by atoms with van der Waals surface area (Å²) in [5, 5.41) is 11.1. The summed E-state index contributed by atoms with van der Waals surface area (Å²) in [7, 11) is 0. The standard InChI is InChI=1S/C16H17FN2O5/c1-3-16(7-9-18(10-8-16)15(20)23-4-2)24-14-6-5-12(17)11-13(14)19(21)22/h1,5-6,11H,4,7-10H2,2H3. The van der Waals surface area contributed by atoms with Gasteiger partial charge in [0.15, 0.2) is 11.4 Å². The van der Waals surface area contributed by atoms with Crippen molar-refractivity contribution in [3.05, 3.63) is 34.1 Å². The molecule has 1 aliphatic heterocycles. The molecule has 0 aliphatic carbocycles. The Hall–Kier alpha value is -2.82. The number of nitrogens with zero attached hydrogens (tertiary/aromatic N) is 2. The molecule has 128 valence electrons. The molecule has 1 fully saturated rings. The Kier molecular flexibility index (Phi) is 5.24. The maximum absolute atomic E-state index is 13.2. The number of benzene rings is 1. The predicted molar refractivity (Wildman–Crippen MR) is 83.1 cm³/mol. The van der Waals surface area contributed by atoms with Gasteiger partial charge < -0.3 is 14.4 Å². The van der Waals surface area contributed by atoms with E-state index in [9.17, 15) is 19.3 Å². The number of hydrogen-bond donors (Lipinski definition) is 0. The van der Waals surface area contributed by atoms with Gasteiger partial charge in [-0.2, -0.15) is 0 Å². The zero-order valence-electron chi connectivity index (χ0n) is 13.2. The van der Waals surface area contributed by atoms with Crippen LogP contribution in [-0.2, 0) is 4.74 Å². The van der Waals surface area contributed by atoms with Crippen LogP contribution in [0.25, 0.3) is 0 Å². The maximum Gasteiger partial charge on any atom is 0.409 e. The van der Waals surface area contributed by atoms with Crippen LogP contribution in [0, 0.1) is 28.3 Å². The summed E-state index contributed by atoms with van der Waals surface area (Å²) in [5.41, 5.74) is -1.58. The molecule has 0 N–H and O–H groups in total. The third kappa shape index (κ3) is 3.74. The monoisotopic (exact) mass is 336 g/mol. The van der Waals surface area contributed by atoms with E-state index in [1.54, 1.807) is 6.92 Å². The molecular weight excluding hydrogens is 319 g/mol. The highest BCUT2D eigenvalue weighted by Crippen LogP contribution is 2.34. The fraction of sp³-hybridized carbons (Fsp3) is 0.438. The summed E-state index contributed by atoms with van der Waals surface area (Å²) in [6.07, 6.45) is 5.71. The molecule has 1 amide bonds. The van der Waals surface area contributed by atoms with Gasteiger partial charge in [0, 0.05) is 25.9 Å². The number of amides is 1. The highest BCUT2D eigenvalue weighted by atomic mass is 19.1. The summed E-state index contributed by atoms with van der Waals surface area (Å²) >= 11 is 0. The molecule has 0 saturated carbocycles. The highest BCUT2D eigenvalue weighted by Gasteiger charge is 2.38. The molecular formula is C16H17FN2O5. The van der Waals surface area contributed by atoms with Crippen molar-refractivity contribution in [3.8, 4) is 18.1 Å².